The van der Waals surface area contributed by atoms with E-state index in [0.717, 1.165) is 16.7 Å². The predicted octanol–water partition coefficient (Wildman–Crippen LogP) is 5.34. The van der Waals surface area contributed by atoms with Gasteiger partial charge in [-0.05, 0) is 60.4 Å². The summed E-state index contributed by atoms with van der Waals surface area (Å²) in [5.74, 6) is -0.136. The summed E-state index contributed by atoms with van der Waals surface area (Å²) < 4.78 is 24.9. The van der Waals surface area contributed by atoms with Crippen molar-refractivity contribution in [1.82, 2.24) is 10.2 Å². The molecule has 0 spiro atoms. The Kier molecular flexibility index (Phi) is 9.23. The normalized spacial score (nSPS) is 10.5. The molecule has 184 valence electrons. The number of rotatable bonds is 10. The summed E-state index contributed by atoms with van der Waals surface area (Å²) in [6.07, 6.45) is 0.115. The summed E-state index contributed by atoms with van der Waals surface area (Å²) in [5.41, 5.74) is 3.82. The van der Waals surface area contributed by atoms with Crippen molar-refractivity contribution >= 4 is 12.0 Å². The lowest BCUT2D eigenvalue weighted by Crippen LogP contribution is -2.39. The summed E-state index contributed by atoms with van der Waals surface area (Å²) in [6, 6.07) is 19.3. The molecule has 0 unspecified atom stereocenters. The summed E-state index contributed by atoms with van der Waals surface area (Å²) in [5, 5.41) is 2.93. The van der Waals surface area contributed by atoms with Gasteiger partial charge in [0.2, 0.25) is 0 Å². The predicted molar refractivity (Wildman–Crippen MR) is 133 cm³/mol. The Bertz CT molecular complexity index is 1150. The molecule has 0 aliphatic heterocycles. The molecule has 3 rings (SSSR count). The van der Waals surface area contributed by atoms with E-state index in [-0.39, 0.29) is 25.0 Å². The highest BCUT2D eigenvalue weighted by molar-refractivity contribution is 5.78. The smallest absolute Gasteiger partial charge is 0.317 e. The van der Waals surface area contributed by atoms with Crippen LogP contribution < -0.4 is 10.1 Å². The molecule has 0 aliphatic rings. The SMILES string of the molecule is CCOC(=O)Cc1ccc(OC)c(-c2ccc(F)cc2CN(CC)C(=O)NCc2ccccc2)c1. The zero-order valence-corrected chi connectivity index (χ0v) is 20.3. The Labute approximate surface area is 205 Å². The fourth-order valence-corrected chi connectivity index (χ4v) is 3.83. The van der Waals surface area contributed by atoms with E-state index in [1.807, 2.05) is 43.3 Å². The van der Waals surface area contributed by atoms with Gasteiger partial charge < -0.3 is 19.7 Å². The van der Waals surface area contributed by atoms with E-state index in [9.17, 15) is 14.0 Å². The van der Waals surface area contributed by atoms with Crippen molar-refractivity contribution in [2.75, 3.05) is 20.3 Å². The quantitative estimate of drug-likeness (QED) is 0.400. The minimum absolute atomic E-state index is 0.115. The van der Waals surface area contributed by atoms with Crippen LogP contribution in [0.25, 0.3) is 11.1 Å². The Balaban J connectivity index is 1.87. The van der Waals surface area contributed by atoms with Crippen molar-refractivity contribution < 1.29 is 23.5 Å². The Morgan fingerprint density at radius 3 is 2.40 bits per heavy atom. The van der Waals surface area contributed by atoms with Gasteiger partial charge >= 0.3 is 12.0 Å². The average molecular weight is 479 g/mol. The number of benzene rings is 3. The van der Waals surface area contributed by atoms with E-state index in [1.54, 1.807) is 37.1 Å². The van der Waals surface area contributed by atoms with Crippen LogP contribution in [0.2, 0.25) is 0 Å². The molecule has 35 heavy (non-hydrogen) atoms. The van der Waals surface area contributed by atoms with Gasteiger partial charge in [-0.2, -0.15) is 0 Å². The van der Waals surface area contributed by atoms with E-state index in [4.69, 9.17) is 9.47 Å². The molecule has 2 amide bonds. The van der Waals surface area contributed by atoms with Crippen LogP contribution >= 0.6 is 0 Å². The van der Waals surface area contributed by atoms with Gasteiger partial charge in [-0.3, -0.25) is 4.79 Å². The lowest BCUT2D eigenvalue weighted by molar-refractivity contribution is -0.142. The molecule has 0 aliphatic carbocycles. The Morgan fingerprint density at radius 1 is 0.943 bits per heavy atom. The van der Waals surface area contributed by atoms with Gasteiger partial charge in [0.15, 0.2) is 0 Å². The first kappa shape index (κ1) is 25.7. The van der Waals surface area contributed by atoms with Gasteiger partial charge in [0.05, 0.1) is 20.1 Å². The first-order valence-corrected chi connectivity index (χ1v) is 11.6. The van der Waals surface area contributed by atoms with Crippen molar-refractivity contribution in [2.24, 2.45) is 0 Å². The second-order valence-corrected chi connectivity index (χ2v) is 7.98. The summed E-state index contributed by atoms with van der Waals surface area (Å²) in [4.78, 5) is 26.5. The number of esters is 1. The molecule has 0 radical (unpaired) electrons. The highest BCUT2D eigenvalue weighted by Gasteiger charge is 2.18. The molecule has 3 aromatic rings. The first-order valence-electron chi connectivity index (χ1n) is 11.6. The molecule has 6 nitrogen and oxygen atoms in total. The van der Waals surface area contributed by atoms with Gasteiger partial charge in [0.1, 0.15) is 11.6 Å². The molecular formula is C28H31FN2O4. The van der Waals surface area contributed by atoms with Crippen molar-refractivity contribution in [2.45, 2.75) is 33.4 Å². The fourth-order valence-electron chi connectivity index (χ4n) is 3.83. The number of halogens is 1. The van der Waals surface area contributed by atoms with Crippen molar-refractivity contribution in [3.8, 4) is 16.9 Å². The van der Waals surface area contributed by atoms with Crippen LogP contribution in [0.15, 0.2) is 66.7 Å². The third kappa shape index (κ3) is 7.06. The summed E-state index contributed by atoms with van der Waals surface area (Å²) >= 11 is 0. The maximum absolute atomic E-state index is 14.3. The average Bonchev–Trinajstić information content (AvgIpc) is 2.86. The topological polar surface area (TPSA) is 67.9 Å². The molecular weight excluding hydrogens is 447 g/mol. The largest absolute Gasteiger partial charge is 0.496 e. The number of ether oxygens (including phenoxy) is 2. The van der Waals surface area contributed by atoms with Crippen LogP contribution in [0.3, 0.4) is 0 Å². The van der Waals surface area contributed by atoms with Crippen molar-refractivity contribution in [3.63, 3.8) is 0 Å². The fraction of sp³-hybridized carbons (Fsp3) is 0.286. The standard InChI is InChI=1S/C28H31FN2O4/c1-4-31(28(33)30-18-20-9-7-6-8-10-20)19-22-17-23(29)12-13-24(22)25-15-21(11-14-26(25)34-3)16-27(32)35-5-2/h6-15,17H,4-5,16,18-19H2,1-3H3,(H,30,33). The molecule has 3 aromatic carbocycles. The van der Waals surface area contributed by atoms with Crippen LogP contribution in [0.4, 0.5) is 9.18 Å². The Morgan fingerprint density at radius 2 is 1.71 bits per heavy atom. The third-order valence-electron chi connectivity index (χ3n) is 5.59. The molecule has 0 aromatic heterocycles. The molecule has 0 atom stereocenters. The molecule has 0 saturated heterocycles. The van der Waals surface area contributed by atoms with E-state index in [2.05, 4.69) is 5.32 Å². The van der Waals surface area contributed by atoms with E-state index < -0.39 is 5.82 Å². The van der Waals surface area contributed by atoms with E-state index in [0.29, 0.717) is 36.6 Å². The van der Waals surface area contributed by atoms with Crippen LogP contribution in [-0.2, 0) is 29.0 Å². The second kappa shape index (κ2) is 12.6. The molecule has 0 fully saturated rings. The number of nitrogens with one attached hydrogen (secondary N) is 1. The zero-order chi connectivity index (χ0) is 25.2. The lowest BCUT2D eigenvalue weighted by atomic mass is 9.95. The van der Waals surface area contributed by atoms with Crippen LogP contribution in [0.1, 0.15) is 30.5 Å². The number of urea groups is 1. The maximum atomic E-state index is 14.3. The van der Waals surface area contributed by atoms with Gasteiger partial charge in [-0.1, -0.05) is 42.5 Å². The second-order valence-electron chi connectivity index (χ2n) is 7.98. The minimum Gasteiger partial charge on any atom is -0.496 e. The van der Waals surface area contributed by atoms with Crippen LogP contribution in [0, 0.1) is 5.82 Å². The number of carbonyl (C=O) groups is 2. The summed E-state index contributed by atoms with van der Waals surface area (Å²) in [6.45, 7) is 4.99. The number of methoxy groups -OCH3 is 1. The first-order chi connectivity index (χ1) is 16.9. The summed E-state index contributed by atoms with van der Waals surface area (Å²) in [7, 11) is 1.56. The maximum Gasteiger partial charge on any atom is 0.317 e. The van der Waals surface area contributed by atoms with Gasteiger partial charge in [-0.25, -0.2) is 9.18 Å². The molecule has 1 N–H and O–H groups in total. The van der Waals surface area contributed by atoms with E-state index in [1.165, 1.54) is 12.1 Å². The molecule has 0 bridgehead atoms. The van der Waals surface area contributed by atoms with Gasteiger partial charge in [0.25, 0.3) is 0 Å². The number of amides is 2. The zero-order valence-electron chi connectivity index (χ0n) is 20.3. The van der Waals surface area contributed by atoms with Crippen LogP contribution in [0.5, 0.6) is 5.75 Å². The van der Waals surface area contributed by atoms with Crippen molar-refractivity contribution in [1.29, 1.82) is 0 Å². The molecule has 0 heterocycles. The van der Waals surface area contributed by atoms with Gasteiger partial charge in [-0.15, -0.1) is 0 Å². The number of nitrogens with zero attached hydrogens (tertiary/aromatic N) is 1. The third-order valence-corrected chi connectivity index (χ3v) is 5.59. The van der Waals surface area contributed by atoms with E-state index >= 15 is 0 Å². The number of hydrogen-bond donors (Lipinski definition) is 1. The number of hydrogen-bond acceptors (Lipinski definition) is 4. The number of carbonyl (C=O) groups excluding carboxylic acids is 2. The minimum atomic E-state index is -0.397. The highest BCUT2D eigenvalue weighted by Crippen LogP contribution is 2.34. The highest BCUT2D eigenvalue weighted by atomic mass is 19.1. The lowest BCUT2D eigenvalue weighted by Gasteiger charge is -2.24. The molecule has 7 heteroatoms. The monoisotopic (exact) mass is 478 g/mol. The molecule has 0 saturated carbocycles. The Hall–Kier alpha value is -3.87. The van der Waals surface area contributed by atoms with Gasteiger partial charge in [0, 0.05) is 25.2 Å². The van der Waals surface area contributed by atoms with Crippen molar-refractivity contribution in [3.05, 3.63) is 89.2 Å². The van der Waals surface area contributed by atoms with Crippen LogP contribution in [-0.4, -0.2) is 37.2 Å².